The van der Waals surface area contributed by atoms with Crippen LogP contribution < -0.4 is 5.32 Å². The smallest absolute Gasteiger partial charge is 0.456 e. The Balaban J connectivity index is 1.40. The highest BCUT2D eigenvalue weighted by molar-refractivity contribution is 7.10. The van der Waals surface area contributed by atoms with Gasteiger partial charge >= 0.3 is 13.1 Å². The molecule has 3 saturated carbocycles. The molecule has 2 unspecified atom stereocenters. The van der Waals surface area contributed by atoms with Crippen molar-refractivity contribution in [2.45, 2.75) is 97.4 Å². The van der Waals surface area contributed by atoms with Crippen LogP contribution in [0.3, 0.4) is 0 Å². The lowest BCUT2D eigenvalue weighted by atomic mass is 9.43. The number of benzene rings is 1. The zero-order chi connectivity index (χ0) is 27.5. The Morgan fingerprint density at radius 2 is 1.95 bits per heavy atom. The summed E-state index contributed by atoms with van der Waals surface area (Å²) in [4.78, 5) is 27.2. The van der Waals surface area contributed by atoms with Crippen molar-refractivity contribution in [2.24, 2.45) is 17.3 Å². The molecule has 2 bridgehead atoms. The Labute approximate surface area is 231 Å². The van der Waals surface area contributed by atoms with E-state index < -0.39 is 12.7 Å². The first-order valence-electron chi connectivity index (χ1n) is 13.8. The molecule has 1 N–H and O–H groups in total. The standard InChI is InChI=1S/C30H40BNO5S/c1-18-21(11-8-12-22(18)27(34)35-28(2,3)4)23(32-26(33)16-20-10-9-13-38-20)17-31-36-25-15-19-14-24(29(19,5)6)30(25,7)37-31/h8-13,19,23-25H,14-17H2,1-7H3,(H,32,33)/t19-,23?,24-,25?,30-/m0/s1. The summed E-state index contributed by atoms with van der Waals surface area (Å²) in [7, 11) is -0.434. The van der Waals surface area contributed by atoms with Gasteiger partial charge in [-0.1, -0.05) is 32.0 Å². The van der Waals surface area contributed by atoms with Gasteiger partial charge in [0.05, 0.1) is 29.7 Å². The van der Waals surface area contributed by atoms with E-state index in [1.807, 2.05) is 57.3 Å². The number of carbonyl (C=O) groups is 2. The van der Waals surface area contributed by atoms with E-state index in [4.69, 9.17) is 14.0 Å². The van der Waals surface area contributed by atoms with Crippen LogP contribution in [-0.2, 0) is 25.3 Å². The van der Waals surface area contributed by atoms with Crippen LogP contribution in [0, 0.1) is 24.2 Å². The largest absolute Gasteiger partial charge is 0.460 e. The summed E-state index contributed by atoms with van der Waals surface area (Å²) in [5, 5.41) is 5.22. The molecule has 6 nitrogen and oxygen atoms in total. The molecule has 1 aliphatic heterocycles. The molecule has 5 atom stereocenters. The van der Waals surface area contributed by atoms with Crippen LogP contribution in [0.15, 0.2) is 35.7 Å². The maximum atomic E-state index is 13.2. The number of amides is 1. The number of rotatable bonds is 7. The number of ether oxygens (including phenoxy) is 1. The van der Waals surface area contributed by atoms with Gasteiger partial charge in [-0.2, -0.15) is 0 Å². The van der Waals surface area contributed by atoms with Gasteiger partial charge < -0.3 is 19.4 Å². The Morgan fingerprint density at radius 3 is 2.61 bits per heavy atom. The van der Waals surface area contributed by atoms with Crippen LogP contribution in [0.1, 0.15) is 86.8 Å². The number of esters is 1. The molecule has 1 aromatic carbocycles. The maximum Gasteiger partial charge on any atom is 0.460 e. The van der Waals surface area contributed by atoms with E-state index in [-0.39, 0.29) is 35.0 Å². The minimum absolute atomic E-state index is 0.0652. The Morgan fingerprint density at radius 1 is 1.18 bits per heavy atom. The maximum absolute atomic E-state index is 13.2. The lowest BCUT2D eigenvalue weighted by Crippen LogP contribution is -2.65. The first kappa shape index (κ1) is 27.4. The van der Waals surface area contributed by atoms with Gasteiger partial charge in [0, 0.05) is 11.2 Å². The van der Waals surface area contributed by atoms with Gasteiger partial charge in [0.2, 0.25) is 5.91 Å². The van der Waals surface area contributed by atoms with Gasteiger partial charge in [0.1, 0.15) is 5.60 Å². The van der Waals surface area contributed by atoms with Gasteiger partial charge in [-0.05, 0) is 93.4 Å². The molecule has 3 aliphatic carbocycles. The predicted molar refractivity (Wildman–Crippen MR) is 150 cm³/mol. The first-order valence-corrected chi connectivity index (χ1v) is 14.6. The highest BCUT2D eigenvalue weighted by Crippen LogP contribution is 2.65. The van der Waals surface area contributed by atoms with E-state index >= 15 is 0 Å². The van der Waals surface area contributed by atoms with Crippen molar-refractivity contribution in [3.8, 4) is 0 Å². The predicted octanol–water partition coefficient (Wildman–Crippen LogP) is 6.14. The van der Waals surface area contributed by atoms with Crippen molar-refractivity contribution in [3.63, 3.8) is 0 Å². The van der Waals surface area contributed by atoms with Crippen LogP contribution in [0.25, 0.3) is 0 Å². The van der Waals surface area contributed by atoms with E-state index in [1.54, 1.807) is 17.4 Å². The zero-order valence-electron chi connectivity index (χ0n) is 23.6. The Kier molecular flexibility index (Phi) is 7.06. The molecule has 2 aromatic rings. The molecule has 0 radical (unpaired) electrons. The summed E-state index contributed by atoms with van der Waals surface area (Å²) >= 11 is 1.57. The molecular formula is C30H40BNO5S. The molecule has 8 heteroatoms. The van der Waals surface area contributed by atoms with E-state index in [9.17, 15) is 9.59 Å². The number of thiophene rings is 1. The fraction of sp³-hybridized carbons (Fsp3) is 0.600. The van der Waals surface area contributed by atoms with Gasteiger partial charge in [-0.25, -0.2) is 4.79 Å². The molecule has 38 heavy (non-hydrogen) atoms. The zero-order valence-corrected chi connectivity index (χ0v) is 24.4. The van der Waals surface area contributed by atoms with Gasteiger partial charge in [0.25, 0.3) is 0 Å². The van der Waals surface area contributed by atoms with Crippen molar-refractivity contribution in [1.82, 2.24) is 5.32 Å². The molecule has 6 rings (SSSR count). The van der Waals surface area contributed by atoms with Crippen molar-refractivity contribution < 1.29 is 23.6 Å². The summed E-state index contributed by atoms with van der Waals surface area (Å²) in [6.07, 6.45) is 3.05. The number of nitrogens with one attached hydrogen (secondary N) is 1. The third-order valence-corrected chi connectivity index (χ3v) is 9.93. The number of hydrogen-bond donors (Lipinski definition) is 1. The average Bonchev–Trinajstić information content (AvgIpc) is 3.43. The molecule has 4 fully saturated rings. The monoisotopic (exact) mass is 537 g/mol. The lowest BCUT2D eigenvalue weighted by molar-refractivity contribution is -0.199. The topological polar surface area (TPSA) is 73.9 Å². The van der Waals surface area contributed by atoms with Gasteiger partial charge in [-0.15, -0.1) is 11.3 Å². The van der Waals surface area contributed by atoms with Crippen molar-refractivity contribution in [3.05, 3.63) is 57.3 Å². The summed E-state index contributed by atoms with van der Waals surface area (Å²) in [6.45, 7) is 14.4. The van der Waals surface area contributed by atoms with Crippen molar-refractivity contribution in [1.29, 1.82) is 0 Å². The molecule has 4 aliphatic rings. The van der Waals surface area contributed by atoms with Crippen LogP contribution in [0.2, 0.25) is 6.32 Å². The normalized spacial score (nSPS) is 28.3. The lowest BCUT2D eigenvalue weighted by Gasteiger charge is -2.64. The molecule has 1 aromatic heterocycles. The molecule has 1 saturated heterocycles. The van der Waals surface area contributed by atoms with Gasteiger partial charge in [0.15, 0.2) is 0 Å². The van der Waals surface area contributed by atoms with E-state index in [2.05, 4.69) is 26.1 Å². The molecule has 1 amide bonds. The summed E-state index contributed by atoms with van der Waals surface area (Å²) in [6, 6.07) is 9.16. The highest BCUT2D eigenvalue weighted by Gasteiger charge is 2.67. The SMILES string of the molecule is Cc1c(C(=O)OC(C)(C)C)cccc1C(CB1OC2C[C@@H]3C[C@@H](C3(C)C)[C@]2(C)O1)NC(=O)Cc1cccs1. The fourth-order valence-electron chi connectivity index (χ4n) is 6.91. The highest BCUT2D eigenvalue weighted by atomic mass is 32.1. The van der Waals surface area contributed by atoms with Crippen LogP contribution in [0.4, 0.5) is 0 Å². The summed E-state index contributed by atoms with van der Waals surface area (Å²) in [5.41, 5.74) is 1.53. The number of hydrogen-bond acceptors (Lipinski definition) is 6. The minimum atomic E-state index is -0.598. The molecule has 0 spiro atoms. The second-order valence-electron chi connectivity index (χ2n) is 13.0. The second kappa shape index (κ2) is 9.79. The molecule has 204 valence electrons. The van der Waals surface area contributed by atoms with Crippen LogP contribution in [0.5, 0.6) is 0 Å². The second-order valence-corrected chi connectivity index (χ2v) is 14.1. The van der Waals surface area contributed by atoms with E-state index in [0.29, 0.717) is 30.1 Å². The van der Waals surface area contributed by atoms with Crippen LogP contribution >= 0.6 is 11.3 Å². The Bertz CT molecular complexity index is 1210. The number of carbonyl (C=O) groups excluding carboxylic acids is 2. The third-order valence-electron chi connectivity index (χ3n) is 9.05. The first-order chi connectivity index (χ1) is 17.8. The minimum Gasteiger partial charge on any atom is -0.456 e. The van der Waals surface area contributed by atoms with E-state index in [1.165, 1.54) is 6.42 Å². The Hall–Kier alpha value is -2.16. The van der Waals surface area contributed by atoms with E-state index in [0.717, 1.165) is 22.4 Å². The van der Waals surface area contributed by atoms with Crippen molar-refractivity contribution in [2.75, 3.05) is 0 Å². The average molecular weight is 538 g/mol. The third kappa shape index (κ3) is 5.07. The van der Waals surface area contributed by atoms with Crippen LogP contribution in [-0.4, -0.2) is 36.3 Å². The van der Waals surface area contributed by atoms with Gasteiger partial charge in [-0.3, -0.25) is 4.79 Å². The summed E-state index contributed by atoms with van der Waals surface area (Å²) in [5.74, 6) is 0.703. The molecule has 2 heterocycles. The quantitative estimate of drug-likeness (QED) is 0.339. The molecular weight excluding hydrogens is 497 g/mol. The van der Waals surface area contributed by atoms with Crippen molar-refractivity contribution >= 4 is 30.3 Å². The fourth-order valence-corrected chi connectivity index (χ4v) is 7.61. The summed E-state index contributed by atoms with van der Waals surface area (Å²) < 4.78 is 18.9.